The molecule has 150 valence electrons. The number of aromatic nitrogens is 3. The number of aliphatic imine (C=N–C) groups is 1. The van der Waals surface area contributed by atoms with Gasteiger partial charge in [-0.1, -0.05) is 13.8 Å². The van der Waals surface area contributed by atoms with Crippen LogP contribution in [0.2, 0.25) is 0 Å². The van der Waals surface area contributed by atoms with Gasteiger partial charge in [0.25, 0.3) is 0 Å². The molecule has 0 radical (unpaired) electrons. The smallest absolute Gasteiger partial charge is 0.191 e. The van der Waals surface area contributed by atoms with Crippen LogP contribution >= 0.6 is 24.0 Å². The second kappa shape index (κ2) is 12.5. The Morgan fingerprint density at radius 2 is 2.04 bits per heavy atom. The molecule has 0 aliphatic carbocycles. The molecule has 26 heavy (non-hydrogen) atoms. The van der Waals surface area contributed by atoms with E-state index in [0.717, 1.165) is 56.6 Å². The third-order valence-electron chi connectivity index (χ3n) is 4.96. The van der Waals surface area contributed by atoms with Crippen molar-refractivity contribution in [1.82, 2.24) is 30.3 Å². The van der Waals surface area contributed by atoms with Crippen LogP contribution in [0.25, 0.3) is 0 Å². The summed E-state index contributed by atoms with van der Waals surface area (Å²) in [5.41, 5.74) is 0. The van der Waals surface area contributed by atoms with Crippen molar-refractivity contribution >= 4 is 29.9 Å². The molecule has 1 aromatic rings. The van der Waals surface area contributed by atoms with Gasteiger partial charge in [-0.2, -0.15) is 0 Å². The summed E-state index contributed by atoms with van der Waals surface area (Å²) in [6.45, 7) is 11.8. The van der Waals surface area contributed by atoms with Crippen LogP contribution in [0.5, 0.6) is 0 Å². The Labute approximate surface area is 175 Å². The Bertz CT molecular complexity index is 540. The summed E-state index contributed by atoms with van der Waals surface area (Å²) >= 11 is 0. The van der Waals surface area contributed by atoms with Gasteiger partial charge in [-0.3, -0.25) is 4.99 Å². The lowest BCUT2D eigenvalue weighted by molar-refractivity contribution is 0.292. The summed E-state index contributed by atoms with van der Waals surface area (Å²) in [4.78, 5) is 6.81. The van der Waals surface area contributed by atoms with Gasteiger partial charge in [-0.25, -0.2) is 0 Å². The molecule has 0 aromatic carbocycles. The van der Waals surface area contributed by atoms with Gasteiger partial charge in [0.1, 0.15) is 5.82 Å². The number of hydrogen-bond acceptors (Lipinski definition) is 4. The number of nitrogens with one attached hydrogen (secondary N) is 2. The van der Waals surface area contributed by atoms with Gasteiger partial charge >= 0.3 is 0 Å². The Balaban J connectivity index is 0.00000338. The number of aryl methyl sites for hydroxylation is 1. The summed E-state index contributed by atoms with van der Waals surface area (Å²) in [6.07, 6.45) is 5.82. The lowest BCUT2D eigenvalue weighted by atomic mass is 10.1. The molecule has 7 nitrogen and oxygen atoms in total. The van der Waals surface area contributed by atoms with Crippen LogP contribution in [0.3, 0.4) is 0 Å². The van der Waals surface area contributed by atoms with Crippen molar-refractivity contribution in [2.75, 3.05) is 26.7 Å². The molecular weight excluding hydrogens is 441 g/mol. The summed E-state index contributed by atoms with van der Waals surface area (Å²) in [7, 11) is 1.82. The molecule has 1 aliphatic rings. The van der Waals surface area contributed by atoms with Gasteiger partial charge < -0.3 is 20.1 Å². The molecule has 0 amide bonds. The molecule has 0 saturated carbocycles. The predicted octanol–water partition coefficient (Wildman–Crippen LogP) is 2.41. The number of fused-ring (bicyclic) bond motifs is 1. The number of hydrogen-bond donors (Lipinski definition) is 2. The molecule has 0 bridgehead atoms. The fourth-order valence-corrected chi connectivity index (χ4v) is 3.32. The fourth-order valence-electron chi connectivity index (χ4n) is 3.32. The van der Waals surface area contributed by atoms with Crippen molar-refractivity contribution in [3.63, 3.8) is 0 Å². The van der Waals surface area contributed by atoms with Gasteiger partial charge in [-0.15, -0.1) is 34.2 Å². The molecule has 1 aromatic heterocycles. The maximum absolute atomic E-state index is 4.34. The zero-order valence-corrected chi connectivity index (χ0v) is 19.1. The normalized spacial score (nSPS) is 15.3. The van der Waals surface area contributed by atoms with Crippen LogP contribution in [0, 0.1) is 0 Å². The Kier molecular flexibility index (Phi) is 11.1. The van der Waals surface area contributed by atoms with E-state index in [1.165, 1.54) is 19.3 Å². The van der Waals surface area contributed by atoms with E-state index in [2.05, 4.69) is 56.1 Å². The predicted molar refractivity (Wildman–Crippen MR) is 118 cm³/mol. The van der Waals surface area contributed by atoms with Crippen LogP contribution in [-0.4, -0.2) is 58.3 Å². The van der Waals surface area contributed by atoms with Crippen molar-refractivity contribution in [3.05, 3.63) is 11.6 Å². The molecule has 1 aliphatic heterocycles. The van der Waals surface area contributed by atoms with Crippen LogP contribution in [0.1, 0.15) is 58.1 Å². The highest BCUT2D eigenvalue weighted by molar-refractivity contribution is 14.0. The third kappa shape index (κ3) is 7.02. The number of rotatable bonds is 9. The molecule has 2 N–H and O–H groups in total. The quantitative estimate of drug-likeness (QED) is 0.325. The van der Waals surface area contributed by atoms with Crippen molar-refractivity contribution in [1.29, 1.82) is 0 Å². The van der Waals surface area contributed by atoms with Crippen LogP contribution in [-0.2, 0) is 19.5 Å². The lowest BCUT2D eigenvalue weighted by Gasteiger charge is -2.21. The van der Waals surface area contributed by atoms with Crippen molar-refractivity contribution in [2.45, 2.75) is 72.0 Å². The summed E-state index contributed by atoms with van der Waals surface area (Å²) in [6, 6.07) is 0.397. The molecule has 2 heterocycles. The first-order valence-corrected chi connectivity index (χ1v) is 9.78. The van der Waals surface area contributed by atoms with E-state index >= 15 is 0 Å². The van der Waals surface area contributed by atoms with Gasteiger partial charge in [-0.05, 0) is 52.2 Å². The molecule has 0 fully saturated rings. The highest BCUT2D eigenvalue weighted by atomic mass is 127. The lowest BCUT2D eigenvalue weighted by Crippen LogP contribution is -2.42. The average Bonchev–Trinajstić information content (AvgIpc) is 3.05. The maximum Gasteiger partial charge on any atom is 0.191 e. The molecule has 2 rings (SSSR count). The number of halogens is 1. The van der Waals surface area contributed by atoms with Crippen molar-refractivity contribution in [3.8, 4) is 0 Å². The van der Waals surface area contributed by atoms with E-state index in [1.54, 1.807) is 0 Å². The molecule has 1 atom stereocenters. The number of nitrogens with zero attached hydrogens (tertiary/aromatic N) is 5. The highest BCUT2D eigenvalue weighted by Crippen LogP contribution is 2.13. The van der Waals surface area contributed by atoms with Crippen molar-refractivity contribution < 1.29 is 0 Å². The van der Waals surface area contributed by atoms with Crippen molar-refractivity contribution in [2.24, 2.45) is 4.99 Å². The monoisotopic (exact) mass is 477 g/mol. The maximum atomic E-state index is 4.34. The first kappa shape index (κ1) is 23.1. The molecular formula is C18H36IN7. The molecule has 0 spiro atoms. The van der Waals surface area contributed by atoms with E-state index in [1.807, 2.05) is 7.05 Å². The van der Waals surface area contributed by atoms with E-state index in [4.69, 9.17) is 0 Å². The Morgan fingerprint density at radius 3 is 2.73 bits per heavy atom. The second-order valence-corrected chi connectivity index (χ2v) is 6.78. The summed E-state index contributed by atoms with van der Waals surface area (Å²) < 4.78 is 2.25. The largest absolute Gasteiger partial charge is 0.354 e. The van der Waals surface area contributed by atoms with Gasteiger partial charge in [0, 0.05) is 26.1 Å². The van der Waals surface area contributed by atoms with E-state index < -0.39 is 0 Å². The SMILES string of the molecule is CCN(CC)CCCC(C)NC(=NC)NCc1nnc2n1CCCC2.I. The van der Waals surface area contributed by atoms with Crippen LogP contribution in [0.4, 0.5) is 0 Å². The summed E-state index contributed by atoms with van der Waals surface area (Å²) in [5, 5.41) is 15.5. The number of guanidine groups is 1. The zero-order chi connectivity index (χ0) is 18.1. The van der Waals surface area contributed by atoms with Crippen LogP contribution < -0.4 is 10.6 Å². The minimum atomic E-state index is 0. The average molecular weight is 477 g/mol. The van der Waals surface area contributed by atoms with Gasteiger partial charge in [0.2, 0.25) is 0 Å². The van der Waals surface area contributed by atoms with E-state index in [0.29, 0.717) is 12.6 Å². The highest BCUT2D eigenvalue weighted by Gasteiger charge is 2.16. The minimum Gasteiger partial charge on any atom is -0.354 e. The van der Waals surface area contributed by atoms with Gasteiger partial charge in [0.05, 0.1) is 6.54 Å². The molecule has 0 saturated heterocycles. The Hall–Kier alpha value is -0.900. The zero-order valence-electron chi connectivity index (χ0n) is 16.8. The van der Waals surface area contributed by atoms with Crippen LogP contribution in [0.15, 0.2) is 4.99 Å². The van der Waals surface area contributed by atoms with E-state index in [9.17, 15) is 0 Å². The Morgan fingerprint density at radius 1 is 1.27 bits per heavy atom. The standard InChI is InChI=1S/C18H35N7.HI/c1-5-24(6-2)12-9-10-15(3)21-18(19-4)20-14-17-23-22-16-11-7-8-13-25(16)17;/h15H,5-14H2,1-4H3,(H2,19,20,21);1H. The first-order chi connectivity index (χ1) is 12.2. The second-order valence-electron chi connectivity index (χ2n) is 6.78. The first-order valence-electron chi connectivity index (χ1n) is 9.78. The third-order valence-corrected chi connectivity index (χ3v) is 4.96. The van der Waals surface area contributed by atoms with Gasteiger partial charge in [0.15, 0.2) is 11.8 Å². The topological polar surface area (TPSA) is 70.4 Å². The minimum absolute atomic E-state index is 0. The summed E-state index contributed by atoms with van der Waals surface area (Å²) in [5.74, 6) is 2.96. The molecule has 8 heteroatoms. The van der Waals surface area contributed by atoms with E-state index in [-0.39, 0.29) is 24.0 Å². The molecule has 1 unspecified atom stereocenters. The fraction of sp³-hybridized carbons (Fsp3) is 0.833.